The number of hydrogen-bond acceptors (Lipinski definition) is 3. The Balaban J connectivity index is 2.35. The second-order valence-corrected chi connectivity index (χ2v) is 5.12. The number of methoxy groups -OCH3 is 1. The van der Waals surface area contributed by atoms with Gasteiger partial charge in [-0.25, -0.2) is 0 Å². The van der Waals surface area contributed by atoms with Gasteiger partial charge in [-0.1, -0.05) is 13.0 Å². The van der Waals surface area contributed by atoms with E-state index >= 15 is 0 Å². The van der Waals surface area contributed by atoms with Crippen LogP contribution in [0.3, 0.4) is 0 Å². The lowest BCUT2D eigenvalue weighted by molar-refractivity contribution is 0.114. The number of rotatable bonds is 3. The molecule has 3 unspecified atom stereocenters. The molecule has 0 amide bonds. The van der Waals surface area contributed by atoms with Crippen LogP contribution in [0.15, 0.2) is 23.6 Å². The Kier molecular flexibility index (Phi) is 3.77. The lowest BCUT2D eigenvalue weighted by Crippen LogP contribution is -2.44. The van der Waals surface area contributed by atoms with Crippen LogP contribution in [0.4, 0.5) is 0 Å². The normalized spacial score (nSPS) is 32.7. The first kappa shape index (κ1) is 12.5. The van der Waals surface area contributed by atoms with Crippen molar-refractivity contribution in [2.24, 2.45) is 11.8 Å². The van der Waals surface area contributed by atoms with Gasteiger partial charge in [0.2, 0.25) is 0 Å². The van der Waals surface area contributed by atoms with E-state index in [1.165, 1.54) is 18.5 Å². The average Bonchev–Trinajstić information content (AvgIpc) is 2.33. The van der Waals surface area contributed by atoms with Crippen molar-refractivity contribution in [1.82, 2.24) is 4.90 Å². The maximum absolute atomic E-state index is 9.23. The lowest BCUT2D eigenvalue weighted by Gasteiger charge is -2.45. The third-order valence-electron chi connectivity index (χ3n) is 4.09. The second-order valence-electron chi connectivity index (χ2n) is 5.12. The summed E-state index contributed by atoms with van der Waals surface area (Å²) in [5.74, 6) is 2.10. The van der Waals surface area contributed by atoms with E-state index in [1.54, 1.807) is 7.11 Å². The number of likely N-dealkylation sites (tertiary alicyclic amines) is 1. The Bertz CT molecular complexity index is 335. The van der Waals surface area contributed by atoms with E-state index in [2.05, 4.69) is 30.9 Å². The van der Waals surface area contributed by atoms with Gasteiger partial charge in [-0.3, -0.25) is 0 Å². The maximum atomic E-state index is 9.23. The monoisotopic (exact) mass is 237 g/mol. The fourth-order valence-corrected chi connectivity index (χ4v) is 3.08. The Morgan fingerprint density at radius 2 is 2.18 bits per heavy atom. The van der Waals surface area contributed by atoms with Crippen molar-refractivity contribution < 1.29 is 9.84 Å². The third kappa shape index (κ3) is 2.21. The summed E-state index contributed by atoms with van der Waals surface area (Å²) in [5, 5.41) is 9.23. The van der Waals surface area contributed by atoms with Crippen molar-refractivity contribution in [2.75, 3.05) is 20.3 Å². The van der Waals surface area contributed by atoms with Gasteiger partial charge in [0.25, 0.3) is 0 Å². The molecule has 1 saturated heterocycles. The SMILES string of the molecule is COC1=C2C(CCC(C)N2CCO)C(C)C=C1. The van der Waals surface area contributed by atoms with Gasteiger partial charge >= 0.3 is 0 Å². The molecule has 1 aliphatic carbocycles. The summed E-state index contributed by atoms with van der Waals surface area (Å²) in [6.07, 6.45) is 6.74. The van der Waals surface area contributed by atoms with E-state index in [9.17, 15) is 5.11 Å². The van der Waals surface area contributed by atoms with E-state index < -0.39 is 0 Å². The topological polar surface area (TPSA) is 32.7 Å². The van der Waals surface area contributed by atoms with Crippen LogP contribution >= 0.6 is 0 Å². The lowest BCUT2D eigenvalue weighted by atomic mass is 9.78. The molecule has 1 aliphatic heterocycles. The molecule has 17 heavy (non-hydrogen) atoms. The zero-order valence-electron chi connectivity index (χ0n) is 11.0. The van der Waals surface area contributed by atoms with E-state index in [-0.39, 0.29) is 6.61 Å². The van der Waals surface area contributed by atoms with Crippen LogP contribution in [-0.2, 0) is 4.74 Å². The molecule has 3 nitrogen and oxygen atoms in total. The highest BCUT2D eigenvalue weighted by Crippen LogP contribution is 2.40. The number of aliphatic hydroxyl groups is 1. The van der Waals surface area contributed by atoms with Crippen LogP contribution in [0.2, 0.25) is 0 Å². The number of piperidine rings is 1. The van der Waals surface area contributed by atoms with Crippen LogP contribution in [-0.4, -0.2) is 36.3 Å². The highest BCUT2D eigenvalue weighted by atomic mass is 16.5. The molecule has 2 aliphatic rings. The molecule has 2 rings (SSSR count). The maximum Gasteiger partial charge on any atom is 0.137 e. The molecule has 0 spiro atoms. The molecule has 0 saturated carbocycles. The van der Waals surface area contributed by atoms with Crippen molar-refractivity contribution in [1.29, 1.82) is 0 Å². The summed E-state index contributed by atoms with van der Waals surface area (Å²) in [7, 11) is 1.73. The van der Waals surface area contributed by atoms with Crippen LogP contribution in [0.1, 0.15) is 26.7 Å². The third-order valence-corrected chi connectivity index (χ3v) is 4.09. The molecule has 0 aromatic carbocycles. The van der Waals surface area contributed by atoms with Gasteiger partial charge in [0.05, 0.1) is 19.4 Å². The Morgan fingerprint density at radius 3 is 2.82 bits per heavy atom. The summed E-state index contributed by atoms with van der Waals surface area (Å²) >= 11 is 0. The van der Waals surface area contributed by atoms with Crippen molar-refractivity contribution in [3.05, 3.63) is 23.6 Å². The average molecular weight is 237 g/mol. The van der Waals surface area contributed by atoms with E-state index in [0.29, 0.717) is 24.4 Å². The van der Waals surface area contributed by atoms with Gasteiger partial charge in [-0.05, 0) is 31.8 Å². The molecule has 96 valence electrons. The van der Waals surface area contributed by atoms with E-state index in [1.807, 2.05) is 0 Å². The molecule has 1 N–H and O–H groups in total. The molecule has 0 bridgehead atoms. The molecule has 3 heteroatoms. The Labute approximate surface area is 104 Å². The summed E-state index contributed by atoms with van der Waals surface area (Å²) in [6.45, 7) is 5.41. The first-order valence-corrected chi connectivity index (χ1v) is 6.53. The highest BCUT2D eigenvalue weighted by molar-refractivity contribution is 5.29. The largest absolute Gasteiger partial charge is 0.495 e. The molecule has 3 atom stereocenters. The van der Waals surface area contributed by atoms with Gasteiger partial charge in [0.1, 0.15) is 5.76 Å². The van der Waals surface area contributed by atoms with Crippen LogP contribution in [0.5, 0.6) is 0 Å². The minimum atomic E-state index is 0.204. The van der Waals surface area contributed by atoms with Crippen molar-refractivity contribution in [2.45, 2.75) is 32.7 Å². The predicted octanol–water partition coefficient (Wildman–Crippen LogP) is 2.14. The predicted molar refractivity (Wildman–Crippen MR) is 68.3 cm³/mol. The molecule has 1 heterocycles. The molecular formula is C14H23NO2. The first-order valence-electron chi connectivity index (χ1n) is 6.53. The first-order chi connectivity index (χ1) is 8.19. The quantitative estimate of drug-likeness (QED) is 0.816. The highest BCUT2D eigenvalue weighted by Gasteiger charge is 2.36. The van der Waals surface area contributed by atoms with Crippen molar-refractivity contribution in [3.63, 3.8) is 0 Å². The summed E-state index contributed by atoms with van der Waals surface area (Å²) in [6, 6.07) is 0.497. The molecule has 0 aromatic heterocycles. The van der Waals surface area contributed by atoms with E-state index in [0.717, 1.165) is 5.76 Å². The molecule has 1 fully saturated rings. The number of nitrogens with zero attached hydrogens (tertiary/aromatic N) is 1. The number of fused-ring (bicyclic) bond motifs is 1. The number of hydrogen-bond donors (Lipinski definition) is 1. The zero-order chi connectivity index (χ0) is 12.4. The van der Waals surface area contributed by atoms with Crippen LogP contribution in [0, 0.1) is 11.8 Å². The van der Waals surface area contributed by atoms with Crippen molar-refractivity contribution in [3.8, 4) is 0 Å². The minimum absolute atomic E-state index is 0.204. The number of allylic oxidation sites excluding steroid dienone is 3. The fraction of sp³-hybridized carbons (Fsp3) is 0.714. The Hall–Kier alpha value is -0.960. The minimum Gasteiger partial charge on any atom is -0.495 e. The van der Waals surface area contributed by atoms with Gasteiger partial charge < -0.3 is 14.7 Å². The zero-order valence-corrected chi connectivity index (χ0v) is 11.0. The molecular weight excluding hydrogens is 214 g/mol. The number of ether oxygens (including phenoxy) is 1. The number of β-amino-alcohol motifs (C(OH)–C–C–N with tert-alkyl or cyclic N) is 1. The standard InChI is InChI=1S/C14H23NO2/c1-10-4-7-13(17-3)14-12(10)6-5-11(2)15(14)8-9-16/h4,7,10-12,16H,5-6,8-9H2,1-3H3. The summed E-state index contributed by atoms with van der Waals surface area (Å²) in [5.41, 5.74) is 1.30. The van der Waals surface area contributed by atoms with Crippen molar-refractivity contribution >= 4 is 0 Å². The van der Waals surface area contributed by atoms with Gasteiger partial charge in [0, 0.05) is 18.5 Å². The van der Waals surface area contributed by atoms with Gasteiger partial charge in [-0.15, -0.1) is 0 Å². The summed E-state index contributed by atoms with van der Waals surface area (Å²) in [4.78, 5) is 2.33. The van der Waals surface area contributed by atoms with Crippen LogP contribution < -0.4 is 0 Å². The van der Waals surface area contributed by atoms with Gasteiger partial charge in [0.15, 0.2) is 0 Å². The second kappa shape index (κ2) is 5.13. The number of aliphatic hydroxyl groups excluding tert-OH is 1. The summed E-state index contributed by atoms with van der Waals surface area (Å²) < 4.78 is 5.50. The van der Waals surface area contributed by atoms with Crippen LogP contribution in [0.25, 0.3) is 0 Å². The molecule has 0 radical (unpaired) electrons. The fourth-order valence-electron chi connectivity index (χ4n) is 3.08. The molecule has 0 aromatic rings. The Morgan fingerprint density at radius 1 is 1.41 bits per heavy atom. The smallest absolute Gasteiger partial charge is 0.137 e. The van der Waals surface area contributed by atoms with E-state index in [4.69, 9.17) is 4.74 Å². The van der Waals surface area contributed by atoms with Gasteiger partial charge in [-0.2, -0.15) is 0 Å².